The van der Waals surface area contributed by atoms with Gasteiger partial charge in [-0.2, -0.15) is 0 Å². The molecule has 2 N–H and O–H groups in total. The van der Waals surface area contributed by atoms with Gasteiger partial charge in [-0.3, -0.25) is 9.59 Å². The normalized spacial score (nSPS) is 15.4. The van der Waals surface area contributed by atoms with Crippen molar-refractivity contribution in [1.82, 2.24) is 10.6 Å². The number of sulfone groups is 1. The molecule has 1 saturated carbocycles. The monoisotopic (exact) mass is 368 g/mol. The van der Waals surface area contributed by atoms with Gasteiger partial charge in [-0.1, -0.05) is 19.3 Å². The maximum atomic E-state index is 12.2. The topological polar surface area (TPSA) is 102 Å². The van der Waals surface area contributed by atoms with Gasteiger partial charge < -0.3 is 15.4 Å². The summed E-state index contributed by atoms with van der Waals surface area (Å²) in [6, 6.07) is 4.31. The summed E-state index contributed by atoms with van der Waals surface area (Å²) < 4.78 is 28.6. The first kappa shape index (κ1) is 19.2. The Morgan fingerprint density at radius 3 is 2.48 bits per heavy atom. The van der Waals surface area contributed by atoms with Crippen LogP contribution in [0.5, 0.6) is 5.75 Å². The fourth-order valence-electron chi connectivity index (χ4n) is 2.90. The molecule has 7 nitrogen and oxygen atoms in total. The average Bonchev–Trinajstić information content (AvgIpc) is 2.59. The van der Waals surface area contributed by atoms with Crippen LogP contribution in [0.25, 0.3) is 0 Å². The van der Waals surface area contributed by atoms with Crippen LogP contribution in [-0.4, -0.2) is 46.2 Å². The number of amides is 2. The summed E-state index contributed by atoms with van der Waals surface area (Å²) in [5.41, 5.74) is 0.159. The van der Waals surface area contributed by atoms with Gasteiger partial charge in [-0.25, -0.2) is 8.42 Å². The number of methoxy groups -OCH3 is 1. The predicted octanol–water partition coefficient (Wildman–Crippen LogP) is 1.28. The third-order valence-electron chi connectivity index (χ3n) is 4.21. The first-order valence-electron chi connectivity index (χ1n) is 8.27. The zero-order valence-corrected chi connectivity index (χ0v) is 15.3. The first-order chi connectivity index (χ1) is 11.8. The number of benzene rings is 1. The molecule has 0 spiro atoms. The number of hydrogen-bond acceptors (Lipinski definition) is 5. The molecule has 1 aromatic rings. The number of rotatable bonds is 6. The van der Waals surface area contributed by atoms with Crippen LogP contribution >= 0.6 is 0 Å². The molecule has 0 heterocycles. The van der Waals surface area contributed by atoms with Crippen LogP contribution in [-0.2, 0) is 14.6 Å². The maximum Gasteiger partial charge on any atom is 0.251 e. The molecule has 2 amide bonds. The molecule has 138 valence electrons. The van der Waals surface area contributed by atoms with Crippen LogP contribution in [0.2, 0.25) is 0 Å². The van der Waals surface area contributed by atoms with Crippen molar-refractivity contribution in [3.8, 4) is 5.75 Å². The van der Waals surface area contributed by atoms with Crippen LogP contribution in [0.15, 0.2) is 23.1 Å². The lowest BCUT2D eigenvalue weighted by Gasteiger charge is -2.22. The van der Waals surface area contributed by atoms with Gasteiger partial charge in [0.2, 0.25) is 5.91 Å². The van der Waals surface area contributed by atoms with Gasteiger partial charge in [0, 0.05) is 17.9 Å². The van der Waals surface area contributed by atoms with Crippen molar-refractivity contribution in [3.05, 3.63) is 23.8 Å². The van der Waals surface area contributed by atoms with E-state index in [0.717, 1.165) is 31.9 Å². The van der Waals surface area contributed by atoms with E-state index in [2.05, 4.69) is 10.6 Å². The summed E-state index contributed by atoms with van der Waals surface area (Å²) >= 11 is 0. The zero-order chi connectivity index (χ0) is 18.4. The molecule has 0 unspecified atom stereocenters. The Bertz CT molecular complexity index is 739. The molecule has 0 bridgehead atoms. The molecule has 8 heteroatoms. The molecule has 0 radical (unpaired) electrons. The van der Waals surface area contributed by atoms with Crippen molar-refractivity contribution >= 4 is 21.7 Å². The van der Waals surface area contributed by atoms with Crippen LogP contribution in [0.1, 0.15) is 42.5 Å². The van der Waals surface area contributed by atoms with E-state index in [1.807, 2.05) is 0 Å². The second-order valence-corrected chi connectivity index (χ2v) is 8.21. The molecule has 25 heavy (non-hydrogen) atoms. The van der Waals surface area contributed by atoms with Crippen molar-refractivity contribution in [3.63, 3.8) is 0 Å². The number of nitrogens with one attached hydrogen (secondary N) is 2. The summed E-state index contributed by atoms with van der Waals surface area (Å²) in [6.07, 6.45) is 6.40. The summed E-state index contributed by atoms with van der Waals surface area (Å²) in [5.74, 6) is -0.572. The third-order valence-corrected chi connectivity index (χ3v) is 5.32. The van der Waals surface area contributed by atoms with Crippen LogP contribution in [0.3, 0.4) is 0 Å². The molecule has 2 rings (SSSR count). The number of carbonyl (C=O) groups excluding carboxylic acids is 2. The molecule has 0 saturated heterocycles. The molecule has 0 atom stereocenters. The third kappa shape index (κ3) is 5.45. The second kappa shape index (κ2) is 8.33. The highest BCUT2D eigenvalue weighted by molar-refractivity contribution is 7.90. The van der Waals surface area contributed by atoms with E-state index in [9.17, 15) is 18.0 Å². The largest absolute Gasteiger partial charge is 0.495 e. The Morgan fingerprint density at radius 1 is 1.20 bits per heavy atom. The van der Waals surface area contributed by atoms with Crippen LogP contribution < -0.4 is 15.4 Å². The molecule has 1 fully saturated rings. The van der Waals surface area contributed by atoms with Crippen LogP contribution in [0, 0.1) is 0 Å². The van der Waals surface area contributed by atoms with E-state index < -0.39 is 15.7 Å². The average molecular weight is 368 g/mol. The molecule has 1 aliphatic carbocycles. The summed E-state index contributed by atoms with van der Waals surface area (Å²) in [5, 5.41) is 5.43. The molecule has 0 aromatic heterocycles. The fourth-order valence-corrected chi connectivity index (χ4v) is 3.75. The SMILES string of the molecule is COc1ccc(C(=O)NCC(=O)NC2CCCCC2)cc1S(C)(=O)=O. The van der Waals surface area contributed by atoms with Gasteiger partial charge in [-0.15, -0.1) is 0 Å². The van der Waals surface area contributed by atoms with Crippen molar-refractivity contribution in [2.24, 2.45) is 0 Å². The lowest BCUT2D eigenvalue weighted by Crippen LogP contribution is -2.42. The quantitative estimate of drug-likeness (QED) is 0.787. The molecular formula is C17H24N2O5S. The standard InChI is InChI=1S/C17H24N2O5S/c1-24-14-9-8-12(10-15(14)25(2,22)23)17(21)18-11-16(20)19-13-6-4-3-5-7-13/h8-10,13H,3-7,11H2,1-2H3,(H,18,21)(H,19,20). The van der Waals surface area contributed by atoms with E-state index in [-0.39, 0.29) is 34.7 Å². The van der Waals surface area contributed by atoms with Crippen molar-refractivity contribution in [2.45, 2.75) is 43.0 Å². The maximum absolute atomic E-state index is 12.2. The summed E-state index contributed by atoms with van der Waals surface area (Å²) in [7, 11) is -2.18. The lowest BCUT2D eigenvalue weighted by molar-refractivity contribution is -0.121. The highest BCUT2D eigenvalue weighted by Gasteiger charge is 2.19. The highest BCUT2D eigenvalue weighted by Crippen LogP contribution is 2.24. The van der Waals surface area contributed by atoms with Crippen molar-refractivity contribution in [1.29, 1.82) is 0 Å². The van der Waals surface area contributed by atoms with E-state index in [1.165, 1.54) is 31.7 Å². The molecule has 1 aromatic carbocycles. The Labute approximate surface area is 148 Å². The van der Waals surface area contributed by atoms with Gasteiger partial charge in [0.05, 0.1) is 13.7 Å². The molecule has 0 aliphatic heterocycles. The van der Waals surface area contributed by atoms with Crippen molar-refractivity contribution < 1.29 is 22.7 Å². The molecule has 1 aliphatic rings. The molecular weight excluding hydrogens is 344 g/mol. The Balaban J connectivity index is 1.97. The van der Waals surface area contributed by atoms with E-state index in [0.29, 0.717) is 0 Å². The fraction of sp³-hybridized carbons (Fsp3) is 0.529. The number of carbonyl (C=O) groups is 2. The van der Waals surface area contributed by atoms with Crippen LogP contribution in [0.4, 0.5) is 0 Å². The van der Waals surface area contributed by atoms with Gasteiger partial charge in [-0.05, 0) is 31.0 Å². The smallest absolute Gasteiger partial charge is 0.251 e. The minimum absolute atomic E-state index is 0.0608. The first-order valence-corrected chi connectivity index (χ1v) is 10.2. The Morgan fingerprint density at radius 2 is 1.88 bits per heavy atom. The second-order valence-electron chi connectivity index (χ2n) is 6.22. The number of ether oxygens (including phenoxy) is 1. The number of hydrogen-bond donors (Lipinski definition) is 2. The lowest BCUT2D eigenvalue weighted by atomic mass is 9.95. The van der Waals surface area contributed by atoms with E-state index in [1.54, 1.807) is 0 Å². The van der Waals surface area contributed by atoms with Gasteiger partial charge in [0.15, 0.2) is 9.84 Å². The minimum atomic E-state index is -3.54. The van der Waals surface area contributed by atoms with E-state index >= 15 is 0 Å². The van der Waals surface area contributed by atoms with Gasteiger partial charge in [0.1, 0.15) is 10.6 Å². The summed E-state index contributed by atoms with van der Waals surface area (Å²) in [4.78, 5) is 24.1. The van der Waals surface area contributed by atoms with Crippen molar-refractivity contribution in [2.75, 3.05) is 19.9 Å². The highest BCUT2D eigenvalue weighted by atomic mass is 32.2. The predicted molar refractivity (Wildman–Crippen MR) is 93.5 cm³/mol. The summed E-state index contributed by atoms with van der Waals surface area (Å²) in [6.45, 7) is -0.143. The Hall–Kier alpha value is -2.09. The van der Waals surface area contributed by atoms with E-state index in [4.69, 9.17) is 4.74 Å². The minimum Gasteiger partial charge on any atom is -0.495 e. The van der Waals surface area contributed by atoms with Gasteiger partial charge >= 0.3 is 0 Å². The zero-order valence-electron chi connectivity index (χ0n) is 14.5. The Kier molecular flexibility index (Phi) is 6.41. The van der Waals surface area contributed by atoms with Gasteiger partial charge in [0.25, 0.3) is 5.91 Å².